The molecular formula is C27H36N6O4S. The first-order valence-corrected chi connectivity index (χ1v) is 14.1. The second kappa shape index (κ2) is 12.7. The van der Waals surface area contributed by atoms with Gasteiger partial charge in [-0.05, 0) is 24.6 Å². The molecule has 0 radical (unpaired) electrons. The molecule has 0 aliphatic carbocycles. The molecule has 3 aromatic rings. The van der Waals surface area contributed by atoms with E-state index in [1.54, 1.807) is 18.4 Å². The lowest BCUT2D eigenvalue weighted by Gasteiger charge is -2.30. The number of amides is 1. The number of hydrogen-bond donors (Lipinski definition) is 2. The van der Waals surface area contributed by atoms with E-state index in [0.29, 0.717) is 19.6 Å². The number of methoxy groups -OCH3 is 1. The normalized spacial score (nSPS) is 17.8. The quantitative estimate of drug-likeness (QED) is 0.423. The summed E-state index contributed by atoms with van der Waals surface area (Å²) in [7, 11) is 1.70. The number of nitrogens with zero attached hydrogens (tertiary/aromatic N) is 5. The van der Waals surface area contributed by atoms with Crippen LogP contribution in [0.2, 0.25) is 0 Å². The Morgan fingerprint density at radius 2 is 2.03 bits per heavy atom. The SMILES string of the molecule is COc1ccc2cccnc2c1N1CCCN([C@H](CC(=O)NCCO)c2csc(N3CCOCC3)n2)CC1. The molecule has 0 bridgehead atoms. The van der Waals surface area contributed by atoms with Crippen molar-refractivity contribution >= 4 is 39.0 Å². The van der Waals surface area contributed by atoms with Crippen LogP contribution in [0.5, 0.6) is 5.75 Å². The number of pyridine rings is 1. The van der Waals surface area contributed by atoms with Crippen molar-refractivity contribution in [3.8, 4) is 5.75 Å². The van der Waals surface area contributed by atoms with Gasteiger partial charge in [-0.1, -0.05) is 6.07 Å². The first-order chi connectivity index (χ1) is 18.7. The van der Waals surface area contributed by atoms with E-state index in [1.807, 2.05) is 24.4 Å². The zero-order valence-electron chi connectivity index (χ0n) is 21.8. The van der Waals surface area contributed by atoms with Gasteiger partial charge >= 0.3 is 0 Å². The fourth-order valence-electron chi connectivity index (χ4n) is 5.25. The maximum absolute atomic E-state index is 12.8. The molecule has 0 unspecified atom stereocenters. The van der Waals surface area contributed by atoms with Crippen LogP contribution in [-0.2, 0) is 9.53 Å². The van der Waals surface area contributed by atoms with Crippen LogP contribution in [-0.4, -0.2) is 98.6 Å². The summed E-state index contributed by atoms with van der Waals surface area (Å²) >= 11 is 1.63. The molecule has 2 N–H and O–H groups in total. The summed E-state index contributed by atoms with van der Waals surface area (Å²) in [5.41, 5.74) is 2.89. The van der Waals surface area contributed by atoms with Crippen molar-refractivity contribution in [2.45, 2.75) is 18.9 Å². The highest BCUT2D eigenvalue weighted by atomic mass is 32.1. The summed E-state index contributed by atoms with van der Waals surface area (Å²) in [6.45, 7) is 6.50. The molecule has 0 spiro atoms. The molecular weight excluding hydrogens is 504 g/mol. The van der Waals surface area contributed by atoms with Gasteiger partial charge in [0.15, 0.2) is 5.13 Å². The standard InChI is InChI=1S/C27H36N6O4S/c1-36-23-6-5-20-4-2-7-29-25(20)26(23)32-10-3-9-31(11-12-32)22(18-24(35)28-8-15-34)21-19-38-27(30-21)33-13-16-37-17-14-33/h2,4-7,19,22,34H,3,8-18H2,1H3,(H,28,35)/t22-/m1/s1. The van der Waals surface area contributed by atoms with E-state index >= 15 is 0 Å². The summed E-state index contributed by atoms with van der Waals surface area (Å²) in [4.78, 5) is 29.5. The third-order valence-electron chi connectivity index (χ3n) is 7.16. The number of aliphatic hydroxyl groups excluding tert-OH is 1. The summed E-state index contributed by atoms with van der Waals surface area (Å²) in [6.07, 6.45) is 3.05. The minimum Gasteiger partial charge on any atom is -0.494 e. The molecule has 2 fully saturated rings. The third-order valence-corrected chi connectivity index (χ3v) is 8.08. The van der Waals surface area contributed by atoms with Crippen LogP contribution < -0.4 is 19.9 Å². The maximum Gasteiger partial charge on any atom is 0.222 e. The minimum absolute atomic E-state index is 0.0755. The Labute approximate surface area is 227 Å². The summed E-state index contributed by atoms with van der Waals surface area (Å²) in [6, 6.07) is 7.94. The zero-order valence-corrected chi connectivity index (χ0v) is 22.7. The number of morpholine rings is 1. The topological polar surface area (TPSA) is 103 Å². The van der Waals surface area contributed by atoms with Crippen LogP contribution in [0.4, 0.5) is 10.8 Å². The number of carbonyl (C=O) groups is 1. The van der Waals surface area contributed by atoms with Crippen molar-refractivity contribution in [3.05, 3.63) is 41.5 Å². The first-order valence-electron chi connectivity index (χ1n) is 13.2. The van der Waals surface area contributed by atoms with Crippen molar-refractivity contribution in [2.75, 3.05) is 82.5 Å². The molecule has 2 aromatic heterocycles. The molecule has 1 atom stereocenters. The highest BCUT2D eigenvalue weighted by Crippen LogP contribution is 2.37. The Morgan fingerprint density at radius 3 is 2.84 bits per heavy atom. The highest BCUT2D eigenvalue weighted by molar-refractivity contribution is 7.13. The van der Waals surface area contributed by atoms with Crippen LogP contribution in [0.3, 0.4) is 0 Å². The van der Waals surface area contributed by atoms with Crippen molar-refractivity contribution < 1.29 is 19.4 Å². The number of thiazole rings is 1. The number of nitrogens with one attached hydrogen (secondary N) is 1. The second-order valence-corrected chi connectivity index (χ2v) is 10.4. The Morgan fingerprint density at radius 1 is 1.16 bits per heavy atom. The summed E-state index contributed by atoms with van der Waals surface area (Å²) in [5.74, 6) is 0.741. The Hall–Kier alpha value is -2.99. The Balaban J connectivity index is 1.38. The number of hydrogen-bond acceptors (Lipinski definition) is 10. The summed E-state index contributed by atoms with van der Waals surface area (Å²) in [5, 5.41) is 16.2. The molecule has 0 saturated carbocycles. The number of benzene rings is 1. The lowest BCUT2D eigenvalue weighted by Crippen LogP contribution is -2.38. The molecule has 1 amide bonds. The maximum atomic E-state index is 12.8. The lowest BCUT2D eigenvalue weighted by molar-refractivity contribution is -0.122. The first kappa shape index (κ1) is 26.6. The van der Waals surface area contributed by atoms with Gasteiger partial charge in [-0.15, -0.1) is 11.3 Å². The van der Waals surface area contributed by atoms with Gasteiger partial charge in [0.05, 0.1) is 44.2 Å². The van der Waals surface area contributed by atoms with Gasteiger partial charge in [0.25, 0.3) is 0 Å². The van der Waals surface area contributed by atoms with Gasteiger partial charge in [0.2, 0.25) is 5.91 Å². The van der Waals surface area contributed by atoms with E-state index in [4.69, 9.17) is 14.5 Å². The molecule has 5 rings (SSSR count). The lowest BCUT2D eigenvalue weighted by atomic mass is 10.1. The molecule has 204 valence electrons. The zero-order chi connectivity index (χ0) is 26.3. The van der Waals surface area contributed by atoms with E-state index < -0.39 is 0 Å². The molecule has 2 aliphatic rings. The van der Waals surface area contributed by atoms with E-state index in [0.717, 1.165) is 78.9 Å². The number of anilines is 2. The van der Waals surface area contributed by atoms with Crippen LogP contribution >= 0.6 is 11.3 Å². The highest BCUT2D eigenvalue weighted by Gasteiger charge is 2.29. The van der Waals surface area contributed by atoms with Gasteiger partial charge in [-0.2, -0.15) is 0 Å². The average Bonchev–Trinajstić information content (AvgIpc) is 3.33. The van der Waals surface area contributed by atoms with Crippen LogP contribution in [0.1, 0.15) is 24.6 Å². The van der Waals surface area contributed by atoms with E-state index in [2.05, 4.69) is 36.4 Å². The van der Waals surface area contributed by atoms with Gasteiger partial charge in [-0.25, -0.2) is 4.98 Å². The van der Waals surface area contributed by atoms with Crippen LogP contribution in [0.15, 0.2) is 35.8 Å². The number of rotatable bonds is 9. The Kier molecular flexibility index (Phi) is 8.90. The number of aliphatic hydroxyl groups is 1. The van der Waals surface area contributed by atoms with Gasteiger partial charge < -0.3 is 29.7 Å². The van der Waals surface area contributed by atoms with Crippen molar-refractivity contribution in [1.82, 2.24) is 20.2 Å². The minimum atomic E-state index is -0.146. The molecule has 2 aliphatic heterocycles. The molecule has 4 heterocycles. The predicted molar refractivity (Wildman–Crippen MR) is 149 cm³/mol. The second-order valence-electron chi connectivity index (χ2n) is 9.52. The van der Waals surface area contributed by atoms with E-state index in [1.165, 1.54) is 0 Å². The number of ether oxygens (including phenoxy) is 2. The van der Waals surface area contributed by atoms with Crippen molar-refractivity contribution in [3.63, 3.8) is 0 Å². The Bertz CT molecular complexity index is 1220. The van der Waals surface area contributed by atoms with E-state index in [-0.39, 0.29) is 25.1 Å². The predicted octanol–water partition coefficient (Wildman–Crippen LogP) is 2.29. The van der Waals surface area contributed by atoms with Crippen LogP contribution in [0.25, 0.3) is 10.9 Å². The van der Waals surface area contributed by atoms with Gasteiger partial charge in [0.1, 0.15) is 11.4 Å². The smallest absolute Gasteiger partial charge is 0.222 e. The fraction of sp³-hybridized carbons (Fsp3) is 0.519. The number of aromatic nitrogens is 2. The molecule has 10 nitrogen and oxygen atoms in total. The number of fused-ring (bicyclic) bond motifs is 1. The van der Waals surface area contributed by atoms with Crippen molar-refractivity contribution in [2.24, 2.45) is 0 Å². The summed E-state index contributed by atoms with van der Waals surface area (Å²) < 4.78 is 11.3. The fourth-order valence-corrected chi connectivity index (χ4v) is 6.17. The van der Waals surface area contributed by atoms with E-state index in [9.17, 15) is 9.90 Å². The van der Waals surface area contributed by atoms with Crippen molar-refractivity contribution in [1.29, 1.82) is 0 Å². The molecule has 38 heavy (non-hydrogen) atoms. The molecule has 1 aromatic carbocycles. The monoisotopic (exact) mass is 540 g/mol. The van der Waals surface area contributed by atoms with Gasteiger partial charge in [-0.3, -0.25) is 14.7 Å². The molecule has 2 saturated heterocycles. The average molecular weight is 541 g/mol. The third kappa shape index (κ3) is 6.01. The molecule has 11 heteroatoms. The van der Waals surface area contributed by atoms with Crippen LogP contribution in [0, 0.1) is 0 Å². The number of carbonyl (C=O) groups excluding carboxylic acids is 1. The van der Waals surface area contributed by atoms with Gasteiger partial charge in [0, 0.05) is 69.2 Å². The largest absolute Gasteiger partial charge is 0.494 e.